The normalized spacial score (nSPS) is 11.6. The van der Waals surface area contributed by atoms with Gasteiger partial charge in [-0.15, -0.1) is 0 Å². The average molecular weight is 251 g/mol. The van der Waals surface area contributed by atoms with Gasteiger partial charge in [-0.25, -0.2) is 0 Å². The van der Waals surface area contributed by atoms with Crippen molar-refractivity contribution in [3.63, 3.8) is 0 Å². The Bertz CT molecular complexity index is 390. The second-order valence-electron chi connectivity index (χ2n) is 5.64. The van der Waals surface area contributed by atoms with Gasteiger partial charge >= 0.3 is 0 Å². The van der Waals surface area contributed by atoms with Crippen LogP contribution in [0.2, 0.25) is 0 Å². The van der Waals surface area contributed by atoms with Crippen LogP contribution in [0.3, 0.4) is 0 Å². The van der Waals surface area contributed by atoms with E-state index >= 15 is 0 Å². The third-order valence-electron chi connectivity index (χ3n) is 2.93. The van der Waals surface area contributed by atoms with Crippen LogP contribution < -0.4 is 5.32 Å². The maximum absolute atomic E-state index is 11.9. The van der Waals surface area contributed by atoms with E-state index < -0.39 is 0 Å². The van der Waals surface area contributed by atoms with E-state index in [1.165, 1.54) is 0 Å². The van der Waals surface area contributed by atoms with Gasteiger partial charge in [0.1, 0.15) is 6.54 Å². The minimum Gasteiger partial charge on any atom is -0.344 e. The highest BCUT2D eigenvalue weighted by molar-refractivity contribution is 5.75. The van der Waals surface area contributed by atoms with Gasteiger partial charge in [0, 0.05) is 37.6 Å². The van der Waals surface area contributed by atoms with E-state index in [0.29, 0.717) is 6.54 Å². The Morgan fingerprint density at radius 1 is 1.44 bits per heavy atom. The molecule has 0 aliphatic rings. The molecule has 0 bridgehead atoms. The third kappa shape index (κ3) is 4.53. The third-order valence-corrected chi connectivity index (χ3v) is 2.93. The number of aromatic nitrogens is 1. The van der Waals surface area contributed by atoms with Crippen LogP contribution in [-0.2, 0) is 17.9 Å². The first-order valence-electron chi connectivity index (χ1n) is 6.46. The Balaban J connectivity index is 2.63. The zero-order chi connectivity index (χ0) is 13.8. The number of nitrogens with one attached hydrogen (secondary N) is 1. The van der Waals surface area contributed by atoms with Crippen LogP contribution in [0.25, 0.3) is 0 Å². The van der Waals surface area contributed by atoms with Gasteiger partial charge in [0.25, 0.3) is 0 Å². The molecule has 0 unspecified atom stereocenters. The van der Waals surface area contributed by atoms with Crippen molar-refractivity contribution in [3.8, 4) is 0 Å². The van der Waals surface area contributed by atoms with Crippen molar-refractivity contribution in [2.75, 3.05) is 13.6 Å². The zero-order valence-electron chi connectivity index (χ0n) is 12.2. The zero-order valence-corrected chi connectivity index (χ0v) is 12.2. The summed E-state index contributed by atoms with van der Waals surface area (Å²) >= 11 is 0. The average Bonchev–Trinajstić information content (AvgIpc) is 2.71. The van der Waals surface area contributed by atoms with Crippen LogP contribution in [-0.4, -0.2) is 34.5 Å². The fraction of sp³-hybridized carbons (Fsp3) is 0.643. The van der Waals surface area contributed by atoms with Crippen LogP contribution in [0.5, 0.6) is 0 Å². The molecule has 1 aromatic heterocycles. The molecule has 4 nitrogen and oxygen atoms in total. The molecule has 0 fully saturated rings. The van der Waals surface area contributed by atoms with Crippen LogP contribution in [0.4, 0.5) is 0 Å². The highest BCUT2D eigenvalue weighted by Crippen LogP contribution is 2.06. The van der Waals surface area contributed by atoms with Gasteiger partial charge < -0.3 is 14.8 Å². The predicted octanol–water partition coefficient (Wildman–Crippen LogP) is 1.85. The van der Waals surface area contributed by atoms with Gasteiger partial charge in [-0.2, -0.15) is 0 Å². The van der Waals surface area contributed by atoms with Crippen molar-refractivity contribution >= 4 is 5.91 Å². The first kappa shape index (κ1) is 14.8. The summed E-state index contributed by atoms with van der Waals surface area (Å²) in [5.74, 6) is 0.144. The molecule has 1 heterocycles. The number of carbonyl (C=O) groups is 1. The SMILES string of the molecule is CCN(C)C(=O)Cn1cccc1CNC(C)(C)C. The molecule has 0 radical (unpaired) electrons. The van der Waals surface area contributed by atoms with E-state index in [9.17, 15) is 4.79 Å². The topological polar surface area (TPSA) is 37.3 Å². The molecule has 102 valence electrons. The lowest BCUT2D eigenvalue weighted by molar-refractivity contribution is -0.130. The molecule has 1 rings (SSSR count). The number of nitrogens with zero attached hydrogens (tertiary/aromatic N) is 2. The predicted molar refractivity (Wildman–Crippen MR) is 74.3 cm³/mol. The van der Waals surface area contributed by atoms with Gasteiger partial charge in [0.2, 0.25) is 5.91 Å². The maximum Gasteiger partial charge on any atom is 0.242 e. The quantitative estimate of drug-likeness (QED) is 0.867. The summed E-state index contributed by atoms with van der Waals surface area (Å²) in [6.07, 6.45) is 1.96. The summed E-state index contributed by atoms with van der Waals surface area (Å²) in [6.45, 7) is 10.3. The number of likely N-dealkylation sites (N-methyl/N-ethyl adjacent to an activating group) is 1. The van der Waals surface area contributed by atoms with E-state index in [2.05, 4.69) is 32.2 Å². The number of amides is 1. The molecular weight excluding hydrogens is 226 g/mol. The fourth-order valence-electron chi connectivity index (χ4n) is 1.56. The lowest BCUT2D eigenvalue weighted by Gasteiger charge is -2.22. The molecule has 0 aliphatic heterocycles. The van der Waals surface area contributed by atoms with Crippen molar-refractivity contribution < 1.29 is 4.79 Å². The summed E-state index contributed by atoms with van der Waals surface area (Å²) in [4.78, 5) is 13.6. The van der Waals surface area contributed by atoms with E-state index in [4.69, 9.17) is 0 Å². The molecule has 4 heteroatoms. The Labute approximate surface area is 110 Å². The minimum absolute atomic E-state index is 0.0827. The van der Waals surface area contributed by atoms with E-state index in [1.807, 2.05) is 30.8 Å². The first-order chi connectivity index (χ1) is 8.33. The van der Waals surface area contributed by atoms with Crippen molar-refractivity contribution in [1.82, 2.24) is 14.8 Å². The highest BCUT2D eigenvalue weighted by atomic mass is 16.2. The lowest BCUT2D eigenvalue weighted by atomic mass is 10.1. The Morgan fingerprint density at radius 2 is 2.11 bits per heavy atom. The monoisotopic (exact) mass is 251 g/mol. The van der Waals surface area contributed by atoms with Crippen LogP contribution in [0.1, 0.15) is 33.4 Å². The molecule has 1 amide bonds. The lowest BCUT2D eigenvalue weighted by Crippen LogP contribution is -2.36. The number of hydrogen-bond acceptors (Lipinski definition) is 2. The standard InChI is InChI=1S/C14H25N3O/c1-6-16(5)13(18)11-17-9-7-8-12(17)10-15-14(2,3)4/h7-9,15H,6,10-11H2,1-5H3. The Hall–Kier alpha value is -1.29. The van der Waals surface area contributed by atoms with Crippen LogP contribution >= 0.6 is 0 Å². The molecule has 0 aromatic carbocycles. The second-order valence-corrected chi connectivity index (χ2v) is 5.64. The van der Waals surface area contributed by atoms with Gasteiger partial charge in [-0.05, 0) is 39.8 Å². The number of hydrogen-bond donors (Lipinski definition) is 1. The Kier molecular flexibility index (Phi) is 4.96. The molecular formula is C14H25N3O. The highest BCUT2D eigenvalue weighted by Gasteiger charge is 2.12. The van der Waals surface area contributed by atoms with Gasteiger partial charge in [0.05, 0.1) is 0 Å². The summed E-state index contributed by atoms with van der Waals surface area (Å²) < 4.78 is 2.01. The molecule has 18 heavy (non-hydrogen) atoms. The fourth-order valence-corrected chi connectivity index (χ4v) is 1.56. The smallest absolute Gasteiger partial charge is 0.242 e. The second kappa shape index (κ2) is 6.05. The molecule has 0 saturated carbocycles. The van der Waals surface area contributed by atoms with Crippen molar-refractivity contribution in [3.05, 3.63) is 24.0 Å². The van der Waals surface area contributed by atoms with Crippen LogP contribution in [0, 0.1) is 0 Å². The molecule has 0 atom stereocenters. The molecule has 0 spiro atoms. The van der Waals surface area contributed by atoms with Crippen LogP contribution in [0.15, 0.2) is 18.3 Å². The van der Waals surface area contributed by atoms with E-state index in [1.54, 1.807) is 4.90 Å². The molecule has 1 N–H and O–H groups in total. The molecule has 0 saturated heterocycles. The molecule has 0 aliphatic carbocycles. The van der Waals surface area contributed by atoms with Gasteiger partial charge in [-0.1, -0.05) is 0 Å². The summed E-state index contributed by atoms with van der Waals surface area (Å²) in [7, 11) is 1.83. The number of carbonyl (C=O) groups excluding carboxylic acids is 1. The first-order valence-corrected chi connectivity index (χ1v) is 6.46. The Morgan fingerprint density at radius 3 is 2.67 bits per heavy atom. The van der Waals surface area contributed by atoms with E-state index in [0.717, 1.165) is 18.8 Å². The van der Waals surface area contributed by atoms with Gasteiger partial charge in [0.15, 0.2) is 0 Å². The maximum atomic E-state index is 11.9. The summed E-state index contributed by atoms with van der Waals surface area (Å²) in [6, 6.07) is 4.04. The minimum atomic E-state index is 0.0827. The summed E-state index contributed by atoms with van der Waals surface area (Å²) in [5.41, 5.74) is 1.22. The van der Waals surface area contributed by atoms with Crippen molar-refractivity contribution in [2.24, 2.45) is 0 Å². The van der Waals surface area contributed by atoms with Crippen molar-refractivity contribution in [1.29, 1.82) is 0 Å². The largest absolute Gasteiger partial charge is 0.344 e. The molecule has 1 aromatic rings. The summed E-state index contributed by atoms with van der Waals surface area (Å²) in [5, 5.41) is 3.44. The van der Waals surface area contributed by atoms with Gasteiger partial charge in [-0.3, -0.25) is 4.79 Å². The number of rotatable bonds is 5. The van der Waals surface area contributed by atoms with E-state index in [-0.39, 0.29) is 11.4 Å². The van der Waals surface area contributed by atoms with Crippen molar-refractivity contribution in [2.45, 2.75) is 46.3 Å².